The summed E-state index contributed by atoms with van der Waals surface area (Å²) in [4.78, 5) is 6.82. The monoisotopic (exact) mass is 322 g/mol. The third kappa shape index (κ3) is 4.14. The maximum absolute atomic E-state index is 5.64. The molecule has 2 aliphatic heterocycles. The van der Waals surface area contributed by atoms with Crippen LogP contribution < -0.4 is 15.5 Å². The van der Waals surface area contributed by atoms with Crippen LogP contribution in [0.4, 0.5) is 5.00 Å². The zero-order valence-corrected chi connectivity index (χ0v) is 14.1. The van der Waals surface area contributed by atoms with Gasteiger partial charge >= 0.3 is 0 Å². The third-order valence-electron chi connectivity index (χ3n) is 4.40. The molecular formula is C16H26N4OS. The van der Waals surface area contributed by atoms with E-state index in [0.717, 1.165) is 51.5 Å². The molecule has 1 aromatic heterocycles. The number of rotatable bonds is 4. The van der Waals surface area contributed by atoms with Gasteiger partial charge in [-0.05, 0) is 43.2 Å². The van der Waals surface area contributed by atoms with Gasteiger partial charge in [-0.3, -0.25) is 4.99 Å². The fourth-order valence-electron chi connectivity index (χ4n) is 3.10. The Bertz CT molecular complexity index is 463. The molecule has 5 nitrogen and oxygen atoms in total. The van der Waals surface area contributed by atoms with E-state index in [2.05, 4.69) is 38.0 Å². The van der Waals surface area contributed by atoms with Crippen molar-refractivity contribution in [3.8, 4) is 0 Å². The number of guanidine groups is 1. The van der Waals surface area contributed by atoms with Gasteiger partial charge in [-0.15, -0.1) is 11.3 Å². The van der Waals surface area contributed by atoms with Gasteiger partial charge in [0.1, 0.15) is 0 Å². The van der Waals surface area contributed by atoms with Gasteiger partial charge in [-0.25, -0.2) is 0 Å². The Morgan fingerprint density at radius 3 is 2.91 bits per heavy atom. The van der Waals surface area contributed by atoms with E-state index in [9.17, 15) is 0 Å². The number of nitrogens with one attached hydrogen (secondary N) is 2. The minimum absolute atomic E-state index is 0.347. The van der Waals surface area contributed by atoms with Gasteiger partial charge in [0.2, 0.25) is 0 Å². The SMILES string of the molecule is CN=C(NCC1CCCO1)NC1CCN(c2cccs2)CC1. The van der Waals surface area contributed by atoms with Crippen LogP contribution in [0.3, 0.4) is 0 Å². The van der Waals surface area contributed by atoms with E-state index in [1.165, 1.54) is 11.4 Å². The summed E-state index contributed by atoms with van der Waals surface area (Å²) in [5.74, 6) is 0.907. The summed E-state index contributed by atoms with van der Waals surface area (Å²) in [5.41, 5.74) is 0. The lowest BCUT2D eigenvalue weighted by Gasteiger charge is -2.33. The van der Waals surface area contributed by atoms with Crippen molar-refractivity contribution in [1.29, 1.82) is 0 Å². The lowest BCUT2D eigenvalue weighted by molar-refractivity contribution is 0.113. The van der Waals surface area contributed by atoms with E-state index in [1.54, 1.807) is 0 Å². The lowest BCUT2D eigenvalue weighted by atomic mass is 10.1. The van der Waals surface area contributed by atoms with E-state index in [1.807, 2.05) is 18.4 Å². The average molecular weight is 322 g/mol. The summed E-state index contributed by atoms with van der Waals surface area (Å²) in [6, 6.07) is 4.84. The van der Waals surface area contributed by atoms with E-state index >= 15 is 0 Å². The van der Waals surface area contributed by atoms with E-state index in [4.69, 9.17) is 4.74 Å². The van der Waals surface area contributed by atoms with Crippen LogP contribution >= 0.6 is 11.3 Å². The fourth-order valence-corrected chi connectivity index (χ4v) is 3.88. The molecule has 0 spiro atoms. The molecule has 0 radical (unpaired) electrons. The Balaban J connectivity index is 1.40. The Morgan fingerprint density at radius 1 is 1.41 bits per heavy atom. The molecule has 2 N–H and O–H groups in total. The van der Waals surface area contributed by atoms with Crippen molar-refractivity contribution in [2.75, 3.05) is 38.2 Å². The highest BCUT2D eigenvalue weighted by atomic mass is 32.1. The van der Waals surface area contributed by atoms with Gasteiger partial charge in [0.25, 0.3) is 0 Å². The second kappa shape index (κ2) is 7.83. The first-order valence-electron chi connectivity index (χ1n) is 8.22. The van der Waals surface area contributed by atoms with Crippen LogP contribution in [0.15, 0.2) is 22.5 Å². The van der Waals surface area contributed by atoms with E-state index in [0.29, 0.717) is 12.1 Å². The normalized spacial score (nSPS) is 23.8. The molecule has 6 heteroatoms. The summed E-state index contributed by atoms with van der Waals surface area (Å²) in [6.45, 7) is 3.98. The van der Waals surface area contributed by atoms with Crippen molar-refractivity contribution in [1.82, 2.24) is 10.6 Å². The van der Waals surface area contributed by atoms with Crippen LogP contribution in [0.1, 0.15) is 25.7 Å². The van der Waals surface area contributed by atoms with Gasteiger partial charge in [0.15, 0.2) is 5.96 Å². The zero-order chi connectivity index (χ0) is 15.2. The van der Waals surface area contributed by atoms with Crippen LogP contribution in [-0.2, 0) is 4.74 Å². The van der Waals surface area contributed by atoms with Gasteiger partial charge < -0.3 is 20.3 Å². The summed E-state index contributed by atoms with van der Waals surface area (Å²) in [5, 5.41) is 10.5. The highest BCUT2D eigenvalue weighted by Crippen LogP contribution is 2.24. The van der Waals surface area contributed by atoms with Crippen molar-refractivity contribution in [2.24, 2.45) is 4.99 Å². The number of hydrogen-bond acceptors (Lipinski definition) is 4. The smallest absolute Gasteiger partial charge is 0.191 e. The maximum atomic E-state index is 5.64. The highest BCUT2D eigenvalue weighted by molar-refractivity contribution is 7.14. The van der Waals surface area contributed by atoms with Crippen molar-refractivity contribution >= 4 is 22.3 Å². The van der Waals surface area contributed by atoms with Crippen LogP contribution in [0, 0.1) is 0 Å². The fraction of sp³-hybridized carbons (Fsp3) is 0.688. The first kappa shape index (κ1) is 15.6. The molecule has 0 amide bonds. The predicted molar refractivity (Wildman–Crippen MR) is 93.0 cm³/mol. The number of nitrogens with zero attached hydrogens (tertiary/aromatic N) is 2. The highest BCUT2D eigenvalue weighted by Gasteiger charge is 2.21. The molecule has 1 atom stereocenters. The number of piperidine rings is 1. The first-order chi connectivity index (χ1) is 10.8. The Kier molecular flexibility index (Phi) is 5.56. The van der Waals surface area contributed by atoms with E-state index in [-0.39, 0.29) is 0 Å². The molecule has 0 aliphatic carbocycles. The predicted octanol–water partition coefficient (Wildman–Crippen LogP) is 2.06. The quantitative estimate of drug-likeness (QED) is 0.658. The topological polar surface area (TPSA) is 48.9 Å². The van der Waals surface area contributed by atoms with E-state index < -0.39 is 0 Å². The molecule has 1 aromatic rings. The summed E-state index contributed by atoms with van der Waals surface area (Å²) >= 11 is 1.83. The Hall–Kier alpha value is -1.27. The van der Waals surface area contributed by atoms with Crippen molar-refractivity contribution in [2.45, 2.75) is 37.8 Å². The van der Waals surface area contributed by atoms with Crippen molar-refractivity contribution in [3.63, 3.8) is 0 Å². The number of thiophene rings is 1. The molecule has 1 unspecified atom stereocenters. The minimum Gasteiger partial charge on any atom is -0.376 e. The van der Waals surface area contributed by atoms with Crippen LogP contribution in [0.2, 0.25) is 0 Å². The molecule has 2 aliphatic rings. The first-order valence-corrected chi connectivity index (χ1v) is 9.10. The molecule has 3 heterocycles. The molecular weight excluding hydrogens is 296 g/mol. The van der Waals surface area contributed by atoms with Crippen LogP contribution in [0.5, 0.6) is 0 Å². The molecule has 122 valence electrons. The van der Waals surface area contributed by atoms with Gasteiger partial charge in [-0.1, -0.05) is 0 Å². The Morgan fingerprint density at radius 2 is 2.27 bits per heavy atom. The minimum atomic E-state index is 0.347. The standard InChI is InChI=1S/C16H26N4OS/c1-17-16(18-12-14-4-2-10-21-14)19-13-6-8-20(9-7-13)15-5-3-11-22-15/h3,5,11,13-14H,2,4,6-10,12H2,1H3,(H2,17,18,19). The molecule has 0 saturated carbocycles. The molecule has 2 saturated heterocycles. The molecule has 22 heavy (non-hydrogen) atoms. The number of hydrogen-bond donors (Lipinski definition) is 2. The lowest BCUT2D eigenvalue weighted by Crippen LogP contribution is -2.49. The van der Waals surface area contributed by atoms with Crippen molar-refractivity contribution < 1.29 is 4.74 Å². The summed E-state index contributed by atoms with van der Waals surface area (Å²) in [7, 11) is 1.84. The summed E-state index contributed by atoms with van der Waals surface area (Å²) in [6.07, 6.45) is 4.99. The van der Waals surface area contributed by atoms with Gasteiger partial charge in [0.05, 0.1) is 11.1 Å². The van der Waals surface area contributed by atoms with Gasteiger partial charge in [0, 0.05) is 39.3 Å². The van der Waals surface area contributed by atoms with Gasteiger partial charge in [-0.2, -0.15) is 0 Å². The zero-order valence-electron chi connectivity index (χ0n) is 13.3. The average Bonchev–Trinajstić information content (AvgIpc) is 3.25. The largest absolute Gasteiger partial charge is 0.376 e. The second-order valence-electron chi connectivity index (χ2n) is 5.95. The Labute approximate surface area is 136 Å². The molecule has 3 rings (SSSR count). The number of aliphatic imine (C=N–C) groups is 1. The maximum Gasteiger partial charge on any atom is 0.191 e. The second-order valence-corrected chi connectivity index (χ2v) is 6.87. The van der Waals surface area contributed by atoms with Crippen molar-refractivity contribution in [3.05, 3.63) is 17.5 Å². The molecule has 0 bridgehead atoms. The summed E-state index contributed by atoms with van der Waals surface area (Å²) < 4.78 is 5.64. The molecule has 0 aromatic carbocycles. The number of ether oxygens (including phenoxy) is 1. The van der Waals surface area contributed by atoms with Crippen LogP contribution in [-0.4, -0.2) is 51.4 Å². The van der Waals surface area contributed by atoms with Crippen LogP contribution in [0.25, 0.3) is 0 Å². The molecule has 2 fully saturated rings. The number of anilines is 1. The third-order valence-corrected chi connectivity index (χ3v) is 5.33.